The van der Waals surface area contributed by atoms with Gasteiger partial charge in [-0.25, -0.2) is 14.4 Å². The number of ketones is 1. The average Bonchev–Trinajstić information content (AvgIpc) is 3.37. The molecule has 51 heavy (non-hydrogen) atoms. The van der Waals surface area contributed by atoms with E-state index in [9.17, 15) is 54.9 Å². The number of rotatable bonds is 7. The molecule has 0 aromatic carbocycles. The Labute approximate surface area is 292 Å². The van der Waals surface area contributed by atoms with Crippen LogP contribution < -0.4 is 0 Å². The number of aliphatic hydroxyl groups is 7. The molecule has 3 saturated heterocycles. The Balaban J connectivity index is 1.47. The van der Waals surface area contributed by atoms with E-state index in [0.717, 1.165) is 13.2 Å². The fraction of sp³-hybridized carbons (Fsp3) is 0.765. The van der Waals surface area contributed by atoms with Gasteiger partial charge in [-0.2, -0.15) is 0 Å². The van der Waals surface area contributed by atoms with Crippen LogP contribution in [-0.2, 0) is 47.6 Å². The molecule has 17 heteroatoms. The van der Waals surface area contributed by atoms with Gasteiger partial charge in [0.25, 0.3) is 0 Å². The number of hydrogen-bond donors (Lipinski definition) is 7. The van der Waals surface area contributed by atoms with E-state index in [-0.39, 0.29) is 24.4 Å². The minimum Gasteiger partial charge on any atom is -0.467 e. The molecule has 6 rings (SSSR count). The molecule has 0 aromatic heterocycles. The van der Waals surface area contributed by atoms with E-state index in [2.05, 4.69) is 0 Å². The highest BCUT2D eigenvalue weighted by Gasteiger charge is 2.85. The van der Waals surface area contributed by atoms with Gasteiger partial charge in [0.2, 0.25) is 18.0 Å². The van der Waals surface area contributed by atoms with Crippen LogP contribution in [0.25, 0.3) is 0 Å². The van der Waals surface area contributed by atoms with Crippen LogP contribution in [0, 0.1) is 34.5 Å². The van der Waals surface area contributed by atoms with Gasteiger partial charge in [0.05, 0.1) is 37.9 Å². The van der Waals surface area contributed by atoms with Crippen molar-refractivity contribution in [2.75, 3.05) is 20.3 Å². The third kappa shape index (κ3) is 5.22. The Kier molecular flexibility index (Phi) is 9.29. The molecular weight excluding hydrogens is 680 g/mol. The number of fused-ring (bicyclic) bond motifs is 2. The second kappa shape index (κ2) is 12.6. The fourth-order valence-electron chi connectivity index (χ4n) is 9.69. The predicted octanol–water partition coefficient (Wildman–Crippen LogP) is -2.62. The number of hydrogen-bond acceptors (Lipinski definition) is 17. The van der Waals surface area contributed by atoms with Gasteiger partial charge in [-0.05, 0) is 50.2 Å². The maximum Gasteiger partial charge on any atom is 0.348 e. The van der Waals surface area contributed by atoms with Gasteiger partial charge >= 0.3 is 17.9 Å². The number of Topliss-reactive ketones (excluding diaryl/α,β-unsaturated/α-hetero) is 1. The van der Waals surface area contributed by atoms with Crippen LogP contribution in [0.15, 0.2) is 23.5 Å². The van der Waals surface area contributed by atoms with Crippen molar-refractivity contribution in [1.29, 1.82) is 0 Å². The molecule has 7 N–H and O–H groups in total. The summed E-state index contributed by atoms with van der Waals surface area (Å²) in [6, 6.07) is 0. The summed E-state index contributed by atoms with van der Waals surface area (Å²) < 4.78 is 34.2. The van der Waals surface area contributed by atoms with E-state index in [1.54, 1.807) is 13.8 Å². The summed E-state index contributed by atoms with van der Waals surface area (Å²) in [5.41, 5.74) is -6.49. The topological polar surface area (TPSA) is 265 Å². The smallest absolute Gasteiger partial charge is 0.348 e. The first-order valence-electron chi connectivity index (χ1n) is 16.9. The zero-order valence-corrected chi connectivity index (χ0v) is 29.0. The van der Waals surface area contributed by atoms with Crippen LogP contribution in [0.4, 0.5) is 0 Å². The number of ether oxygens (including phenoxy) is 6. The summed E-state index contributed by atoms with van der Waals surface area (Å²) in [4.78, 5) is 54.5. The van der Waals surface area contributed by atoms with Gasteiger partial charge in [0.1, 0.15) is 36.6 Å². The first-order chi connectivity index (χ1) is 23.7. The zero-order chi connectivity index (χ0) is 37.7. The van der Waals surface area contributed by atoms with E-state index in [0.29, 0.717) is 0 Å². The molecular formula is C34H46O17. The van der Waals surface area contributed by atoms with Crippen molar-refractivity contribution >= 4 is 23.7 Å². The van der Waals surface area contributed by atoms with Crippen molar-refractivity contribution in [1.82, 2.24) is 0 Å². The van der Waals surface area contributed by atoms with Crippen molar-refractivity contribution in [2.24, 2.45) is 34.5 Å². The summed E-state index contributed by atoms with van der Waals surface area (Å²) in [5.74, 6) is -8.35. The number of methoxy groups -OCH3 is 1. The maximum absolute atomic E-state index is 13.8. The summed E-state index contributed by atoms with van der Waals surface area (Å²) in [5, 5.41) is 75.2. The molecule has 1 spiro atoms. The van der Waals surface area contributed by atoms with Crippen molar-refractivity contribution in [3.05, 3.63) is 23.5 Å². The zero-order valence-electron chi connectivity index (χ0n) is 29.0. The normalized spacial score (nSPS) is 47.7. The molecule has 16 atom stereocenters. The van der Waals surface area contributed by atoms with E-state index in [1.807, 2.05) is 0 Å². The van der Waals surface area contributed by atoms with Gasteiger partial charge in [0, 0.05) is 23.3 Å². The van der Waals surface area contributed by atoms with Crippen LogP contribution in [0.3, 0.4) is 0 Å². The van der Waals surface area contributed by atoms with E-state index >= 15 is 0 Å². The van der Waals surface area contributed by atoms with Gasteiger partial charge in [-0.15, -0.1) is 0 Å². The molecule has 284 valence electrons. The third-order valence-corrected chi connectivity index (χ3v) is 12.5. The van der Waals surface area contributed by atoms with Crippen LogP contribution >= 0.6 is 0 Å². The van der Waals surface area contributed by atoms with Crippen LogP contribution in [0.1, 0.15) is 41.0 Å². The Bertz CT molecular complexity index is 1530. The lowest BCUT2D eigenvalue weighted by atomic mass is 9.38. The highest BCUT2D eigenvalue weighted by molar-refractivity contribution is 5.97. The largest absolute Gasteiger partial charge is 0.467 e. The van der Waals surface area contributed by atoms with Crippen LogP contribution in [0.2, 0.25) is 0 Å². The minimum absolute atomic E-state index is 0.00772. The van der Waals surface area contributed by atoms with Crippen molar-refractivity contribution in [3.63, 3.8) is 0 Å². The molecule has 2 bridgehead atoms. The molecule has 3 aliphatic carbocycles. The van der Waals surface area contributed by atoms with E-state index in [4.69, 9.17) is 28.4 Å². The fourth-order valence-corrected chi connectivity index (χ4v) is 9.69. The van der Waals surface area contributed by atoms with Gasteiger partial charge in [-0.3, -0.25) is 4.79 Å². The van der Waals surface area contributed by atoms with Crippen molar-refractivity contribution in [2.45, 2.75) is 107 Å². The molecule has 0 radical (unpaired) electrons. The summed E-state index contributed by atoms with van der Waals surface area (Å²) in [6.07, 6.45) is -12.8. The third-order valence-electron chi connectivity index (χ3n) is 12.5. The van der Waals surface area contributed by atoms with E-state index in [1.165, 1.54) is 26.8 Å². The molecule has 5 fully saturated rings. The second-order valence-corrected chi connectivity index (χ2v) is 15.4. The quantitative estimate of drug-likeness (QED) is 0.0804. The van der Waals surface area contributed by atoms with Crippen LogP contribution in [0.5, 0.6) is 0 Å². The van der Waals surface area contributed by atoms with Gasteiger partial charge < -0.3 is 64.2 Å². The molecule has 0 amide bonds. The second-order valence-electron chi connectivity index (χ2n) is 15.4. The standard InChI is InChI=1S/C34H46O17/c1-12(31(3,4)45)7-18(36)51-24-26-33-11-47-34(26,30(44)46-6)27(42)23(41)25(33)32(5)9-15(19(37)13(2)14(32)8-17(33)50-28(24)43)48-29-22(40)21(39)20(38)16(10-35)49-29/h7,9,13-14,16-17,20-27,29,35,38-42,45H,8,10-11H2,1-6H3/b12-7+/t13?,14?,16-,17-,20-,21-,22-,23-,24-,25?,26-,27?,29-,32+,33-,34+/m1/s1. The molecule has 3 heterocycles. The Morgan fingerprint density at radius 2 is 1.73 bits per heavy atom. The maximum atomic E-state index is 13.8. The Morgan fingerprint density at radius 1 is 1.06 bits per heavy atom. The Morgan fingerprint density at radius 3 is 2.33 bits per heavy atom. The van der Waals surface area contributed by atoms with Gasteiger partial charge in [-0.1, -0.05) is 13.8 Å². The molecule has 6 aliphatic rings. The number of carbonyl (C=O) groups is 4. The number of aliphatic hydroxyl groups excluding tert-OH is 6. The lowest BCUT2D eigenvalue weighted by Gasteiger charge is -2.67. The highest BCUT2D eigenvalue weighted by Crippen LogP contribution is 2.72. The lowest BCUT2D eigenvalue weighted by Crippen LogP contribution is -2.79. The molecule has 3 aliphatic heterocycles. The first-order valence-corrected chi connectivity index (χ1v) is 16.9. The van der Waals surface area contributed by atoms with E-state index < -0.39 is 131 Å². The molecule has 0 aromatic rings. The summed E-state index contributed by atoms with van der Waals surface area (Å²) >= 11 is 0. The average molecular weight is 727 g/mol. The molecule has 4 unspecified atom stereocenters. The summed E-state index contributed by atoms with van der Waals surface area (Å²) in [7, 11) is 1.03. The summed E-state index contributed by atoms with van der Waals surface area (Å²) in [6.45, 7) is 6.50. The van der Waals surface area contributed by atoms with Crippen molar-refractivity contribution in [3.8, 4) is 0 Å². The molecule has 17 nitrogen and oxygen atoms in total. The van der Waals surface area contributed by atoms with Crippen molar-refractivity contribution < 1.29 is 83.3 Å². The SMILES string of the molecule is COC(=O)[C@@]12OC[C@]34C([C@@H](O)C1O)[C@@]1(C)C=C(O[C@@H]5O[C@H](CO)[C@@H](O)[C@@H](O)[C@H]5O)C(=O)C(C)C1C[C@H]3OC(=O)[C@H](OC(=O)/C=C(\C)C(C)(C)O)[C@H]42. The minimum atomic E-state index is -2.40. The van der Waals surface area contributed by atoms with Gasteiger partial charge in [0.15, 0.2) is 11.5 Å². The first kappa shape index (κ1) is 37.7. The van der Waals surface area contributed by atoms with Crippen LogP contribution in [-0.4, -0.2) is 146 Å². The Hall–Kier alpha value is -3.00. The number of esters is 3. The molecule has 2 saturated carbocycles. The highest BCUT2D eigenvalue weighted by atomic mass is 16.7. The monoisotopic (exact) mass is 726 g/mol. The lowest BCUT2D eigenvalue weighted by molar-refractivity contribution is -0.296. The number of carbonyl (C=O) groups excluding carboxylic acids is 4. The predicted molar refractivity (Wildman–Crippen MR) is 165 cm³/mol. The number of allylic oxidation sites excluding steroid dienone is 2.